The first-order chi connectivity index (χ1) is 9.35. The molecule has 2 aromatic rings. The molecule has 100 valence electrons. The largest absolute Gasteiger partial charge is 0.370 e. The number of nitrogens with zero attached hydrogens (tertiary/aromatic N) is 3. The highest BCUT2D eigenvalue weighted by Crippen LogP contribution is 2.20. The second-order valence-electron chi connectivity index (χ2n) is 4.15. The summed E-state index contributed by atoms with van der Waals surface area (Å²) in [6, 6.07) is 3.97. The molecule has 19 heavy (non-hydrogen) atoms. The molecule has 5 nitrogen and oxygen atoms in total. The van der Waals surface area contributed by atoms with Gasteiger partial charge in [-0.05, 0) is 25.0 Å². The Bertz CT molecular complexity index is 512. The van der Waals surface area contributed by atoms with Gasteiger partial charge in [-0.2, -0.15) is 0 Å². The SMILES string of the molecule is CCNc1ncnc(NCc2cccnc2)c1CC. The van der Waals surface area contributed by atoms with Crippen molar-refractivity contribution >= 4 is 11.6 Å². The maximum absolute atomic E-state index is 4.32. The maximum atomic E-state index is 4.32. The van der Waals surface area contributed by atoms with Gasteiger partial charge >= 0.3 is 0 Å². The summed E-state index contributed by atoms with van der Waals surface area (Å²) in [4.78, 5) is 12.7. The highest BCUT2D eigenvalue weighted by molar-refractivity contribution is 5.57. The molecule has 0 atom stereocenters. The summed E-state index contributed by atoms with van der Waals surface area (Å²) < 4.78 is 0. The summed E-state index contributed by atoms with van der Waals surface area (Å²) >= 11 is 0. The monoisotopic (exact) mass is 257 g/mol. The molecule has 0 amide bonds. The van der Waals surface area contributed by atoms with Crippen LogP contribution in [0.15, 0.2) is 30.9 Å². The van der Waals surface area contributed by atoms with Crippen LogP contribution < -0.4 is 10.6 Å². The molecule has 0 bridgehead atoms. The molecule has 0 saturated heterocycles. The number of nitrogens with one attached hydrogen (secondary N) is 2. The Labute approximate surface area is 113 Å². The fourth-order valence-electron chi connectivity index (χ4n) is 1.91. The average Bonchev–Trinajstić information content (AvgIpc) is 2.46. The summed E-state index contributed by atoms with van der Waals surface area (Å²) in [6.07, 6.45) is 6.10. The number of aromatic nitrogens is 3. The Kier molecular flexibility index (Phi) is 4.66. The van der Waals surface area contributed by atoms with Gasteiger partial charge in [0.05, 0.1) is 0 Å². The van der Waals surface area contributed by atoms with Gasteiger partial charge in [-0.1, -0.05) is 13.0 Å². The Balaban J connectivity index is 2.13. The van der Waals surface area contributed by atoms with Gasteiger partial charge < -0.3 is 10.6 Å². The Hall–Kier alpha value is -2.17. The normalized spacial score (nSPS) is 10.2. The summed E-state index contributed by atoms with van der Waals surface area (Å²) in [5, 5.41) is 6.61. The van der Waals surface area contributed by atoms with Crippen LogP contribution >= 0.6 is 0 Å². The van der Waals surface area contributed by atoms with Gasteiger partial charge in [0, 0.05) is 31.0 Å². The lowest BCUT2D eigenvalue weighted by Crippen LogP contribution is -2.09. The Morgan fingerprint density at radius 2 is 1.89 bits per heavy atom. The van der Waals surface area contributed by atoms with Crippen molar-refractivity contribution in [3.8, 4) is 0 Å². The van der Waals surface area contributed by atoms with Crippen LogP contribution in [-0.2, 0) is 13.0 Å². The topological polar surface area (TPSA) is 62.7 Å². The molecule has 0 aliphatic rings. The highest BCUT2D eigenvalue weighted by Gasteiger charge is 2.08. The minimum Gasteiger partial charge on any atom is -0.370 e. The van der Waals surface area contributed by atoms with Gasteiger partial charge in [-0.25, -0.2) is 9.97 Å². The van der Waals surface area contributed by atoms with Crippen LogP contribution in [0.4, 0.5) is 11.6 Å². The molecule has 2 aromatic heterocycles. The molecule has 2 N–H and O–H groups in total. The van der Waals surface area contributed by atoms with E-state index in [1.165, 1.54) is 0 Å². The van der Waals surface area contributed by atoms with E-state index in [2.05, 4.69) is 39.4 Å². The lowest BCUT2D eigenvalue weighted by molar-refractivity contribution is 0.996. The molecular formula is C14H19N5. The summed E-state index contributed by atoms with van der Waals surface area (Å²) in [5.74, 6) is 1.80. The van der Waals surface area contributed by atoms with E-state index in [-0.39, 0.29) is 0 Å². The number of anilines is 2. The van der Waals surface area contributed by atoms with Gasteiger partial charge in [0.15, 0.2) is 0 Å². The van der Waals surface area contributed by atoms with E-state index < -0.39 is 0 Å². The zero-order valence-electron chi connectivity index (χ0n) is 11.3. The standard InChI is InChI=1S/C14H19N5/c1-3-12-13(16-4-2)18-10-19-14(12)17-9-11-6-5-7-15-8-11/h5-8,10H,3-4,9H2,1-2H3,(H2,16,17,18,19). The molecule has 2 rings (SSSR count). The van der Waals surface area contributed by atoms with E-state index in [4.69, 9.17) is 0 Å². The quantitative estimate of drug-likeness (QED) is 0.832. The zero-order valence-corrected chi connectivity index (χ0v) is 11.3. The molecule has 0 aromatic carbocycles. The fourth-order valence-corrected chi connectivity index (χ4v) is 1.91. The van der Waals surface area contributed by atoms with Crippen molar-refractivity contribution in [1.82, 2.24) is 15.0 Å². The maximum Gasteiger partial charge on any atom is 0.134 e. The van der Waals surface area contributed by atoms with Crippen molar-refractivity contribution < 1.29 is 0 Å². The molecule has 2 heterocycles. The van der Waals surface area contributed by atoms with Crippen molar-refractivity contribution in [3.05, 3.63) is 42.0 Å². The molecule has 0 unspecified atom stereocenters. The molecule has 0 fully saturated rings. The smallest absolute Gasteiger partial charge is 0.134 e. The zero-order chi connectivity index (χ0) is 13.5. The molecule has 5 heteroatoms. The number of pyridine rings is 1. The first kappa shape index (κ1) is 13.3. The van der Waals surface area contributed by atoms with E-state index in [1.807, 2.05) is 18.3 Å². The van der Waals surface area contributed by atoms with Crippen molar-refractivity contribution in [1.29, 1.82) is 0 Å². The molecular weight excluding hydrogens is 238 g/mol. The second-order valence-corrected chi connectivity index (χ2v) is 4.15. The first-order valence-corrected chi connectivity index (χ1v) is 6.55. The third-order valence-corrected chi connectivity index (χ3v) is 2.83. The van der Waals surface area contributed by atoms with Crippen LogP contribution in [0.3, 0.4) is 0 Å². The average molecular weight is 257 g/mol. The second kappa shape index (κ2) is 6.68. The fraction of sp³-hybridized carbons (Fsp3) is 0.357. The van der Waals surface area contributed by atoms with Crippen LogP contribution in [0.2, 0.25) is 0 Å². The van der Waals surface area contributed by atoms with Gasteiger partial charge in [-0.3, -0.25) is 4.98 Å². The van der Waals surface area contributed by atoms with Crippen LogP contribution in [0.25, 0.3) is 0 Å². The number of rotatable bonds is 6. The van der Waals surface area contributed by atoms with Crippen LogP contribution in [-0.4, -0.2) is 21.5 Å². The predicted octanol–water partition coefficient (Wildman–Crippen LogP) is 2.48. The van der Waals surface area contributed by atoms with Crippen molar-refractivity contribution in [2.45, 2.75) is 26.8 Å². The van der Waals surface area contributed by atoms with Crippen LogP contribution in [0, 0.1) is 0 Å². The van der Waals surface area contributed by atoms with E-state index in [9.17, 15) is 0 Å². The minimum absolute atomic E-state index is 0.712. The highest BCUT2D eigenvalue weighted by atomic mass is 15.1. The van der Waals surface area contributed by atoms with Gasteiger partial charge in [0.25, 0.3) is 0 Å². The third-order valence-electron chi connectivity index (χ3n) is 2.83. The summed E-state index contributed by atoms with van der Waals surface area (Å²) in [6.45, 7) is 5.73. The van der Waals surface area contributed by atoms with E-state index in [1.54, 1.807) is 12.5 Å². The molecule has 0 spiro atoms. The van der Waals surface area contributed by atoms with Crippen LogP contribution in [0.1, 0.15) is 25.0 Å². The van der Waals surface area contributed by atoms with Gasteiger partial charge in [-0.15, -0.1) is 0 Å². The third kappa shape index (κ3) is 3.40. The van der Waals surface area contributed by atoms with E-state index in [0.717, 1.165) is 35.7 Å². The van der Waals surface area contributed by atoms with Crippen molar-refractivity contribution in [2.75, 3.05) is 17.2 Å². The van der Waals surface area contributed by atoms with Crippen molar-refractivity contribution in [2.24, 2.45) is 0 Å². The lowest BCUT2D eigenvalue weighted by Gasteiger charge is -2.13. The molecule has 0 radical (unpaired) electrons. The van der Waals surface area contributed by atoms with Crippen molar-refractivity contribution in [3.63, 3.8) is 0 Å². The Morgan fingerprint density at radius 3 is 2.53 bits per heavy atom. The number of hydrogen-bond donors (Lipinski definition) is 2. The summed E-state index contributed by atoms with van der Waals surface area (Å²) in [5.41, 5.74) is 2.25. The molecule has 0 saturated carbocycles. The number of hydrogen-bond acceptors (Lipinski definition) is 5. The van der Waals surface area contributed by atoms with Crippen LogP contribution in [0.5, 0.6) is 0 Å². The Morgan fingerprint density at radius 1 is 1.11 bits per heavy atom. The molecule has 0 aliphatic carbocycles. The van der Waals surface area contributed by atoms with E-state index in [0.29, 0.717) is 6.54 Å². The van der Waals surface area contributed by atoms with E-state index >= 15 is 0 Å². The molecule has 0 aliphatic heterocycles. The lowest BCUT2D eigenvalue weighted by atomic mass is 10.2. The summed E-state index contributed by atoms with van der Waals surface area (Å²) in [7, 11) is 0. The first-order valence-electron chi connectivity index (χ1n) is 6.55. The predicted molar refractivity (Wildman–Crippen MR) is 77.1 cm³/mol. The van der Waals surface area contributed by atoms with Gasteiger partial charge in [0.1, 0.15) is 18.0 Å². The minimum atomic E-state index is 0.712. The van der Waals surface area contributed by atoms with Gasteiger partial charge in [0.2, 0.25) is 0 Å².